The molecule has 0 unspecified atom stereocenters. The monoisotopic (exact) mass is 242 g/mol. The Bertz CT molecular complexity index is 449. The Morgan fingerprint density at radius 2 is 1.88 bits per heavy atom. The van der Waals surface area contributed by atoms with E-state index in [1.165, 1.54) is 31.4 Å². The van der Waals surface area contributed by atoms with Gasteiger partial charge in [-0.1, -0.05) is 11.8 Å². The molecule has 0 bridgehead atoms. The molecule has 17 heavy (non-hydrogen) atoms. The largest absolute Gasteiger partial charge is 0.465 e. The minimum absolute atomic E-state index is 0.328. The van der Waals surface area contributed by atoms with Crippen LogP contribution in [0, 0.1) is 11.8 Å². The lowest BCUT2D eigenvalue weighted by atomic mass is 10.1. The fourth-order valence-electron chi connectivity index (χ4n) is 1.05. The maximum absolute atomic E-state index is 11.8. The van der Waals surface area contributed by atoms with Crippen LogP contribution in [-0.4, -0.2) is 19.3 Å². The van der Waals surface area contributed by atoms with Crippen LogP contribution in [0.25, 0.3) is 0 Å². The van der Waals surface area contributed by atoms with Crippen LogP contribution in [0.4, 0.5) is 13.2 Å². The molecule has 0 saturated heterocycles. The van der Waals surface area contributed by atoms with Crippen LogP contribution in [0.2, 0.25) is 0 Å². The summed E-state index contributed by atoms with van der Waals surface area (Å²) >= 11 is 0. The average molecular weight is 242 g/mol. The number of benzene rings is 1. The van der Waals surface area contributed by atoms with E-state index in [1.807, 2.05) is 5.92 Å². The Kier molecular flexibility index (Phi) is 4.16. The molecule has 1 rings (SSSR count). The molecule has 5 heteroatoms. The summed E-state index contributed by atoms with van der Waals surface area (Å²) in [6.45, 7) is 0. The average Bonchev–Trinajstić information content (AvgIpc) is 2.27. The second kappa shape index (κ2) is 5.39. The standard InChI is InChI=1S/C12H9F3O2/c1-17-11(16)10-6-4-9(5-7-10)3-2-8-12(13,14)15/h4-7H,8H2,1H3. The molecule has 0 aliphatic carbocycles. The summed E-state index contributed by atoms with van der Waals surface area (Å²) in [5, 5.41) is 0. The number of esters is 1. The first kappa shape index (κ1) is 13.1. The van der Waals surface area contributed by atoms with E-state index in [0.29, 0.717) is 11.1 Å². The first-order chi connectivity index (χ1) is 7.92. The van der Waals surface area contributed by atoms with E-state index in [2.05, 4.69) is 10.7 Å². The van der Waals surface area contributed by atoms with Crippen molar-refractivity contribution < 1.29 is 22.7 Å². The van der Waals surface area contributed by atoms with Crippen LogP contribution < -0.4 is 0 Å². The minimum Gasteiger partial charge on any atom is -0.465 e. The molecule has 0 N–H and O–H groups in total. The van der Waals surface area contributed by atoms with E-state index in [1.54, 1.807) is 0 Å². The molecule has 0 fully saturated rings. The highest BCUT2D eigenvalue weighted by Gasteiger charge is 2.25. The van der Waals surface area contributed by atoms with E-state index in [4.69, 9.17) is 0 Å². The lowest BCUT2D eigenvalue weighted by molar-refractivity contribution is -0.123. The Morgan fingerprint density at radius 1 is 1.29 bits per heavy atom. The van der Waals surface area contributed by atoms with Crippen molar-refractivity contribution in [1.82, 2.24) is 0 Å². The molecule has 0 aliphatic heterocycles. The number of ether oxygens (including phenoxy) is 1. The third-order valence-corrected chi connectivity index (χ3v) is 1.83. The molecule has 1 aromatic rings. The summed E-state index contributed by atoms with van der Waals surface area (Å²) in [5.41, 5.74) is 0.746. The van der Waals surface area contributed by atoms with E-state index >= 15 is 0 Å². The topological polar surface area (TPSA) is 26.3 Å². The molecule has 0 spiro atoms. The smallest absolute Gasteiger partial charge is 0.399 e. The molecule has 0 heterocycles. The summed E-state index contributed by atoms with van der Waals surface area (Å²) in [6, 6.07) is 5.83. The van der Waals surface area contributed by atoms with Gasteiger partial charge in [0.05, 0.1) is 12.7 Å². The van der Waals surface area contributed by atoms with E-state index in [0.717, 1.165) is 0 Å². The number of halogens is 3. The van der Waals surface area contributed by atoms with E-state index < -0.39 is 18.6 Å². The summed E-state index contributed by atoms with van der Waals surface area (Å²) in [4.78, 5) is 11.1. The number of rotatable bonds is 1. The van der Waals surface area contributed by atoms with E-state index in [9.17, 15) is 18.0 Å². The van der Waals surface area contributed by atoms with Crippen LogP contribution in [0.15, 0.2) is 24.3 Å². The van der Waals surface area contributed by atoms with Gasteiger partial charge in [-0.2, -0.15) is 13.2 Å². The van der Waals surface area contributed by atoms with Crippen molar-refractivity contribution in [3.8, 4) is 11.8 Å². The molecule has 0 aromatic heterocycles. The molecule has 0 atom stereocenters. The van der Waals surface area contributed by atoms with Crippen molar-refractivity contribution >= 4 is 5.97 Å². The van der Waals surface area contributed by atoms with Crippen molar-refractivity contribution in [1.29, 1.82) is 0 Å². The first-order valence-electron chi connectivity index (χ1n) is 4.66. The van der Waals surface area contributed by atoms with Crippen LogP contribution in [0.3, 0.4) is 0 Å². The SMILES string of the molecule is COC(=O)c1ccc(C#CCC(F)(F)F)cc1. The molecule has 1 aromatic carbocycles. The molecule has 90 valence electrons. The van der Waals surface area contributed by atoms with E-state index in [-0.39, 0.29) is 0 Å². The highest BCUT2D eigenvalue weighted by molar-refractivity contribution is 5.89. The maximum Gasteiger partial charge on any atom is 0.399 e. The number of carbonyl (C=O) groups excluding carboxylic acids is 1. The number of alkyl halides is 3. The zero-order valence-electron chi connectivity index (χ0n) is 8.97. The molecular weight excluding hydrogens is 233 g/mol. The first-order valence-corrected chi connectivity index (χ1v) is 4.66. The van der Waals surface area contributed by atoms with Crippen molar-refractivity contribution in [3.63, 3.8) is 0 Å². The van der Waals surface area contributed by atoms with Crippen LogP contribution in [-0.2, 0) is 4.74 Å². The Morgan fingerprint density at radius 3 is 2.35 bits per heavy atom. The van der Waals surface area contributed by atoms with Gasteiger partial charge in [-0.05, 0) is 24.3 Å². The quantitative estimate of drug-likeness (QED) is 0.559. The molecular formula is C12H9F3O2. The van der Waals surface area contributed by atoms with Crippen molar-refractivity contribution in [2.75, 3.05) is 7.11 Å². The number of carbonyl (C=O) groups is 1. The lowest BCUT2D eigenvalue weighted by Gasteiger charge is -1.99. The van der Waals surface area contributed by atoms with Crippen LogP contribution in [0.5, 0.6) is 0 Å². The maximum atomic E-state index is 11.8. The van der Waals surface area contributed by atoms with Gasteiger partial charge in [-0.25, -0.2) is 4.79 Å². The molecule has 0 amide bonds. The third-order valence-electron chi connectivity index (χ3n) is 1.83. The van der Waals surface area contributed by atoms with Crippen LogP contribution >= 0.6 is 0 Å². The van der Waals surface area contributed by atoms with Crippen molar-refractivity contribution in [3.05, 3.63) is 35.4 Å². The zero-order valence-corrected chi connectivity index (χ0v) is 8.97. The van der Waals surface area contributed by atoms with Gasteiger partial charge in [0.15, 0.2) is 0 Å². The van der Waals surface area contributed by atoms with Gasteiger partial charge >= 0.3 is 12.1 Å². The molecule has 0 radical (unpaired) electrons. The third kappa shape index (κ3) is 4.60. The Labute approximate surface area is 96.4 Å². The Hall–Kier alpha value is -1.96. The summed E-state index contributed by atoms with van der Waals surface area (Å²) in [5.74, 6) is 3.88. The summed E-state index contributed by atoms with van der Waals surface area (Å²) in [7, 11) is 1.25. The van der Waals surface area contributed by atoms with Gasteiger partial charge < -0.3 is 4.74 Å². The van der Waals surface area contributed by atoms with Gasteiger partial charge in [0.25, 0.3) is 0 Å². The second-order valence-corrected chi connectivity index (χ2v) is 3.16. The number of hydrogen-bond donors (Lipinski definition) is 0. The summed E-state index contributed by atoms with van der Waals surface area (Å²) in [6.07, 6.45) is -5.43. The normalized spacial score (nSPS) is 10.4. The zero-order chi connectivity index (χ0) is 12.9. The van der Waals surface area contributed by atoms with Gasteiger partial charge in [0.2, 0.25) is 0 Å². The van der Waals surface area contributed by atoms with Gasteiger partial charge in [0.1, 0.15) is 6.42 Å². The van der Waals surface area contributed by atoms with Gasteiger partial charge in [0, 0.05) is 5.56 Å². The number of hydrogen-bond acceptors (Lipinski definition) is 2. The van der Waals surface area contributed by atoms with Crippen molar-refractivity contribution in [2.45, 2.75) is 12.6 Å². The van der Waals surface area contributed by atoms with Crippen LogP contribution in [0.1, 0.15) is 22.3 Å². The highest BCUT2D eigenvalue weighted by atomic mass is 19.4. The summed E-state index contributed by atoms with van der Waals surface area (Å²) < 4.78 is 39.9. The fraction of sp³-hybridized carbons (Fsp3) is 0.250. The molecule has 0 aliphatic rings. The predicted molar refractivity (Wildman–Crippen MR) is 55.3 cm³/mol. The minimum atomic E-state index is -4.28. The number of methoxy groups -OCH3 is 1. The molecule has 0 saturated carbocycles. The second-order valence-electron chi connectivity index (χ2n) is 3.16. The Balaban J connectivity index is 2.72. The molecule has 2 nitrogen and oxygen atoms in total. The lowest BCUT2D eigenvalue weighted by Crippen LogP contribution is -2.04. The fourth-order valence-corrected chi connectivity index (χ4v) is 1.05. The van der Waals surface area contributed by atoms with Crippen molar-refractivity contribution in [2.24, 2.45) is 0 Å². The highest BCUT2D eigenvalue weighted by Crippen LogP contribution is 2.18. The predicted octanol–water partition coefficient (Wildman–Crippen LogP) is 2.78. The van der Waals surface area contributed by atoms with Gasteiger partial charge in [-0.3, -0.25) is 0 Å². The van der Waals surface area contributed by atoms with Gasteiger partial charge in [-0.15, -0.1) is 0 Å².